The van der Waals surface area contributed by atoms with Crippen molar-refractivity contribution in [2.24, 2.45) is 0 Å². The van der Waals surface area contributed by atoms with E-state index in [0.717, 1.165) is 0 Å². The number of carbonyl (C=O) groups excluding carboxylic acids is 1. The van der Waals surface area contributed by atoms with Crippen molar-refractivity contribution in [1.29, 1.82) is 0 Å². The lowest BCUT2D eigenvalue weighted by atomic mass is 10.2. The highest BCUT2D eigenvalue weighted by molar-refractivity contribution is 5.92. The number of hydrogen-bond acceptors (Lipinski definition) is 2. The molecule has 0 unspecified atom stereocenters. The first kappa shape index (κ1) is 12.4. The quantitative estimate of drug-likeness (QED) is 0.831. The van der Waals surface area contributed by atoms with Gasteiger partial charge in [0.1, 0.15) is 5.69 Å². The molecule has 0 saturated carbocycles. The van der Waals surface area contributed by atoms with Crippen LogP contribution in [0.1, 0.15) is 30.8 Å². The average molecular weight is 225 g/mol. The fraction of sp³-hybridized carbons (Fsp3) is 0.455. The molecule has 0 radical (unpaired) electrons. The minimum absolute atomic E-state index is 0.205. The molecule has 1 heterocycles. The van der Waals surface area contributed by atoms with E-state index in [4.69, 9.17) is 0 Å². The van der Waals surface area contributed by atoms with Gasteiger partial charge in [-0.1, -0.05) is 6.92 Å². The minimum Gasteiger partial charge on any atom is -0.351 e. The van der Waals surface area contributed by atoms with Crippen LogP contribution in [0.15, 0.2) is 24.2 Å². The molecule has 0 aromatic carbocycles. The summed E-state index contributed by atoms with van der Waals surface area (Å²) in [6.45, 7) is 4.66. The molecule has 16 heavy (non-hydrogen) atoms. The smallest absolute Gasteiger partial charge is 0.271 e. The molecule has 0 saturated heterocycles. The molecule has 1 aromatic heterocycles. The number of amides is 1. The van der Waals surface area contributed by atoms with Gasteiger partial charge in [0.05, 0.1) is 12.9 Å². The van der Waals surface area contributed by atoms with E-state index < -0.39 is 0 Å². The molecule has 0 spiro atoms. The van der Waals surface area contributed by atoms with Crippen molar-refractivity contribution in [2.45, 2.75) is 26.8 Å². The van der Waals surface area contributed by atoms with Crippen LogP contribution >= 0.6 is 0 Å². The third-order valence-electron chi connectivity index (χ3n) is 2.18. The van der Waals surface area contributed by atoms with E-state index >= 15 is 0 Å². The van der Waals surface area contributed by atoms with Crippen molar-refractivity contribution in [3.63, 3.8) is 0 Å². The summed E-state index contributed by atoms with van der Waals surface area (Å²) in [6, 6.07) is 1.62. The summed E-state index contributed by atoms with van der Waals surface area (Å²) in [5.74, 6) is -0.205. The molecule has 0 aliphatic heterocycles. The highest BCUT2D eigenvalue weighted by Gasteiger charge is 2.08. The summed E-state index contributed by atoms with van der Waals surface area (Å²) in [5, 5.41) is 6.71. The zero-order chi connectivity index (χ0) is 12.0. The van der Waals surface area contributed by atoms with E-state index in [2.05, 4.69) is 10.4 Å². The predicted molar refractivity (Wildman–Crippen MR) is 59.7 cm³/mol. The van der Waals surface area contributed by atoms with Gasteiger partial charge in [0, 0.05) is 12.7 Å². The van der Waals surface area contributed by atoms with Crippen molar-refractivity contribution in [2.75, 3.05) is 6.54 Å². The second kappa shape index (κ2) is 6.05. The van der Waals surface area contributed by atoms with Crippen molar-refractivity contribution in [1.82, 2.24) is 15.1 Å². The molecule has 4 nitrogen and oxygen atoms in total. The van der Waals surface area contributed by atoms with Gasteiger partial charge in [-0.25, -0.2) is 4.39 Å². The van der Waals surface area contributed by atoms with E-state index in [-0.39, 0.29) is 5.91 Å². The summed E-state index contributed by atoms with van der Waals surface area (Å²) in [7, 11) is 0. The molecule has 1 N–H and O–H groups in total. The van der Waals surface area contributed by atoms with Crippen LogP contribution in [0.3, 0.4) is 0 Å². The lowest BCUT2D eigenvalue weighted by Gasteiger charge is -2.02. The number of aromatic nitrogens is 2. The fourth-order valence-corrected chi connectivity index (χ4v) is 1.25. The van der Waals surface area contributed by atoms with Crippen LogP contribution in [-0.2, 0) is 6.54 Å². The van der Waals surface area contributed by atoms with Gasteiger partial charge in [-0.05, 0) is 25.0 Å². The Hall–Kier alpha value is -1.65. The second-order valence-corrected chi connectivity index (χ2v) is 3.38. The van der Waals surface area contributed by atoms with Gasteiger partial charge in [-0.3, -0.25) is 9.48 Å². The molecule has 5 heteroatoms. The molecule has 0 bridgehead atoms. The maximum atomic E-state index is 12.3. The first-order valence-electron chi connectivity index (χ1n) is 5.31. The zero-order valence-corrected chi connectivity index (χ0v) is 9.53. The minimum atomic E-state index is -0.205. The summed E-state index contributed by atoms with van der Waals surface area (Å²) in [6.07, 6.45) is 2.89. The Morgan fingerprint density at radius 2 is 2.38 bits per heavy atom. The van der Waals surface area contributed by atoms with Gasteiger partial charge < -0.3 is 5.32 Å². The van der Waals surface area contributed by atoms with Gasteiger partial charge in [0.2, 0.25) is 0 Å². The van der Waals surface area contributed by atoms with Crippen molar-refractivity contribution in [3.8, 4) is 0 Å². The van der Waals surface area contributed by atoms with Crippen LogP contribution in [0, 0.1) is 0 Å². The summed E-state index contributed by atoms with van der Waals surface area (Å²) >= 11 is 0. The molecule has 88 valence electrons. The standard InChI is InChI=1S/C11H16FN3O/c1-3-9(7-12)8-15-6-5-10(14-15)11(16)13-4-2/h5-7H,3-4,8H2,1-2H3,(H,13,16)/b9-7+. The second-order valence-electron chi connectivity index (χ2n) is 3.38. The Kier molecular flexibility index (Phi) is 4.69. The van der Waals surface area contributed by atoms with Crippen molar-refractivity contribution >= 4 is 5.91 Å². The van der Waals surface area contributed by atoms with Gasteiger partial charge >= 0.3 is 0 Å². The van der Waals surface area contributed by atoms with Crippen molar-refractivity contribution in [3.05, 3.63) is 29.9 Å². The number of rotatable bonds is 5. The average Bonchev–Trinajstić information content (AvgIpc) is 2.74. The van der Waals surface area contributed by atoms with Crippen LogP contribution in [-0.4, -0.2) is 22.2 Å². The molecule has 0 atom stereocenters. The van der Waals surface area contributed by atoms with E-state index in [1.54, 1.807) is 16.9 Å². The first-order valence-corrected chi connectivity index (χ1v) is 5.31. The van der Waals surface area contributed by atoms with Gasteiger partial charge in [0.15, 0.2) is 0 Å². The molecule has 1 rings (SSSR count). The molecule has 1 amide bonds. The monoisotopic (exact) mass is 225 g/mol. The van der Waals surface area contributed by atoms with Crippen LogP contribution in [0.25, 0.3) is 0 Å². The van der Waals surface area contributed by atoms with E-state index in [9.17, 15) is 9.18 Å². The van der Waals surface area contributed by atoms with Crippen molar-refractivity contribution < 1.29 is 9.18 Å². The summed E-state index contributed by atoms with van der Waals surface area (Å²) in [5.41, 5.74) is 1.00. The Balaban J connectivity index is 2.68. The first-order chi connectivity index (χ1) is 7.71. The summed E-state index contributed by atoms with van der Waals surface area (Å²) < 4.78 is 13.9. The highest BCUT2D eigenvalue weighted by Crippen LogP contribution is 2.05. The third kappa shape index (κ3) is 3.18. The normalized spacial score (nSPS) is 11.6. The molecule has 0 aliphatic carbocycles. The molecule has 1 aromatic rings. The molecule has 0 fully saturated rings. The number of halogens is 1. The lowest BCUT2D eigenvalue weighted by Crippen LogP contribution is -2.23. The van der Waals surface area contributed by atoms with Crippen LogP contribution in [0.4, 0.5) is 4.39 Å². The molecular formula is C11H16FN3O. The number of hydrogen-bond donors (Lipinski definition) is 1. The van der Waals surface area contributed by atoms with Crippen LogP contribution in [0.2, 0.25) is 0 Å². The van der Waals surface area contributed by atoms with Gasteiger partial charge in [-0.2, -0.15) is 5.10 Å². The van der Waals surface area contributed by atoms with Crippen LogP contribution < -0.4 is 5.32 Å². The molecule has 0 aliphatic rings. The summed E-state index contributed by atoms with van der Waals surface area (Å²) in [4.78, 5) is 11.4. The predicted octanol–water partition coefficient (Wildman–Crippen LogP) is 1.90. The highest BCUT2D eigenvalue weighted by atomic mass is 19.1. The Morgan fingerprint density at radius 3 is 2.94 bits per heavy atom. The Labute approximate surface area is 94.1 Å². The number of carbonyl (C=O) groups is 1. The van der Waals surface area contributed by atoms with Gasteiger partial charge in [0.25, 0.3) is 5.91 Å². The molecular weight excluding hydrogens is 209 g/mol. The van der Waals surface area contributed by atoms with E-state index in [1.807, 2.05) is 13.8 Å². The number of allylic oxidation sites excluding steroid dienone is 1. The van der Waals surface area contributed by atoms with E-state index in [0.29, 0.717) is 37.1 Å². The Bertz CT molecular complexity index is 384. The van der Waals surface area contributed by atoms with Gasteiger partial charge in [-0.15, -0.1) is 0 Å². The lowest BCUT2D eigenvalue weighted by molar-refractivity contribution is 0.0950. The van der Waals surface area contributed by atoms with Crippen LogP contribution in [0.5, 0.6) is 0 Å². The SMILES string of the molecule is CCNC(=O)c1ccn(C/C(=C/F)CC)n1. The number of nitrogens with zero attached hydrogens (tertiary/aromatic N) is 2. The largest absolute Gasteiger partial charge is 0.351 e. The maximum Gasteiger partial charge on any atom is 0.271 e. The zero-order valence-electron chi connectivity index (χ0n) is 9.53. The topological polar surface area (TPSA) is 46.9 Å². The van der Waals surface area contributed by atoms with E-state index in [1.165, 1.54) is 0 Å². The third-order valence-corrected chi connectivity index (χ3v) is 2.18. The fourth-order valence-electron chi connectivity index (χ4n) is 1.25. The maximum absolute atomic E-state index is 12.3. The Morgan fingerprint density at radius 1 is 1.62 bits per heavy atom. The number of nitrogens with one attached hydrogen (secondary N) is 1.